The summed E-state index contributed by atoms with van der Waals surface area (Å²) in [7, 11) is 1.97. The number of likely N-dealkylation sites (N-methyl/N-ethyl adjacent to an activating group) is 1. The molecule has 4 heteroatoms. The summed E-state index contributed by atoms with van der Waals surface area (Å²) in [6.07, 6.45) is 12.9. The van der Waals surface area contributed by atoms with E-state index in [4.69, 9.17) is 5.10 Å². The van der Waals surface area contributed by atoms with Crippen molar-refractivity contribution < 1.29 is 0 Å². The lowest BCUT2D eigenvalue weighted by Gasteiger charge is -2.26. The molecule has 0 amide bonds. The molecule has 1 aliphatic carbocycles. The number of fused-ring (bicyclic) bond motifs is 1. The monoisotopic (exact) mass is 437 g/mol. The predicted octanol–water partition coefficient (Wildman–Crippen LogP) is 5.40. The van der Waals surface area contributed by atoms with Crippen molar-refractivity contribution in [3.8, 4) is 0 Å². The van der Waals surface area contributed by atoms with Crippen LogP contribution in [-0.4, -0.2) is 18.8 Å². The highest BCUT2D eigenvalue weighted by Crippen LogP contribution is 2.27. The summed E-state index contributed by atoms with van der Waals surface area (Å²) >= 11 is 3.60. The Labute approximate surface area is 177 Å². The molecule has 0 aromatic heterocycles. The number of allylic oxidation sites excluding steroid dienone is 6. The van der Waals surface area contributed by atoms with Gasteiger partial charge in [0.1, 0.15) is 0 Å². The van der Waals surface area contributed by atoms with Crippen LogP contribution in [0.4, 0.5) is 0 Å². The molecule has 0 saturated heterocycles. The van der Waals surface area contributed by atoms with Gasteiger partial charge in [-0.25, -0.2) is 0 Å². The van der Waals surface area contributed by atoms with Gasteiger partial charge in [0.15, 0.2) is 0 Å². The number of halogens is 1. The average molecular weight is 438 g/mol. The zero-order valence-electron chi connectivity index (χ0n) is 16.6. The van der Waals surface area contributed by atoms with Crippen LogP contribution in [0.25, 0.3) is 0 Å². The van der Waals surface area contributed by atoms with Gasteiger partial charge in [-0.15, -0.1) is 0 Å². The molecule has 0 heterocycles. The summed E-state index contributed by atoms with van der Waals surface area (Å²) in [5.74, 6) is 0. The molecule has 1 aliphatic rings. The first-order valence-electron chi connectivity index (χ1n) is 9.29. The van der Waals surface area contributed by atoms with Gasteiger partial charge in [-0.1, -0.05) is 66.0 Å². The van der Waals surface area contributed by atoms with Crippen LogP contribution < -0.4 is 10.7 Å². The smallest absolute Gasteiger partial charge is 0.0726 e. The van der Waals surface area contributed by atoms with Gasteiger partial charge in [-0.05, 0) is 61.4 Å². The fourth-order valence-corrected chi connectivity index (χ4v) is 3.74. The fraction of sp³-hybridized carbons (Fsp3) is 0.208. The van der Waals surface area contributed by atoms with Crippen molar-refractivity contribution in [2.45, 2.75) is 25.8 Å². The summed E-state index contributed by atoms with van der Waals surface area (Å²) in [5, 5.41) is 8.17. The van der Waals surface area contributed by atoms with E-state index in [0.29, 0.717) is 6.42 Å². The Morgan fingerprint density at radius 2 is 2.00 bits per heavy atom. The minimum Gasteiger partial charge on any atom is -0.313 e. The van der Waals surface area contributed by atoms with Crippen LogP contribution in [0.15, 0.2) is 101 Å². The molecule has 0 radical (unpaired) electrons. The van der Waals surface area contributed by atoms with E-state index in [2.05, 4.69) is 64.6 Å². The van der Waals surface area contributed by atoms with Crippen molar-refractivity contribution >= 4 is 21.6 Å². The molecule has 1 aromatic carbocycles. The van der Waals surface area contributed by atoms with Gasteiger partial charge >= 0.3 is 0 Å². The van der Waals surface area contributed by atoms with Gasteiger partial charge in [0.05, 0.1) is 11.4 Å². The minimum atomic E-state index is 0.128. The van der Waals surface area contributed by atoms with Crippen molar-refractivity contribution in [1.29, 1.82) is 0 Å². The Morgan fingerprint density at radius 3 is 2.61 bits per heavy atom. The molecule has 2 N–H and O–H groups in total. The standard InChI is InChI=1S/C24H28BrN3/c1-6-10-20(11-7-2)27-28-24-15-17-12-13-19(25)14-18(17)16-23(26-5)21(8-3)22(24)9-4/h6-14,23,26-27H,1,3-4,15-16H2,2,5H3/b11-7-,20-10+,22-21-,28-24+. The second kappa shape index (κ2) is 10.8. The number of rotatable bonds is 7. The van der Waals surface area contributed by atoms with E-state index in [0.717, 1.165) is 33.4 Å². The summed E-state index contributed by atoms with van der Waals surface area (Å²) in [4.78, 5) is 0. The Morgan fingerprint density at radius 1 is 1.21 bits per heavy atom. The molecule has 3 nitrogen and oxygen atoms in total. The van der Waals surface area contributed by atoms with Crippen LogP contribution in [0, 0.1) is 0 Å². The highest BCUT2D eigenvalue weighted by atomic mass is 79.9. The molecule has 1 atom stereocenters. The lowest BCUT2D eigenvalue weighted by molar-refractivity contribution is 0.637. The second-order valence-electron chi connectivity index (χ2n) is 6.44. The average Bonchev–Trinajstić information content (AvgIpc) is 2.68. The van der Waals surface area contributed by atoms with E-state index in [9.17, 15) is 0 Å². The first kappa shape index (κ1) is 21.9. The highest BCUT2D eigenvalue weighted by molar-refractivity contribution is 9.10. The van der Waals surface area contributed by atoms with Crippen LogP contribution in [0.3, 0.4) is 0 Å². The Kier molecular flexibility index (Phi) is 8.42. The van der Waals surface area contributed by atoms with Gasteiger partial charge in [0.25, 0.3) is 0 Å². The molecule has 0 fully saturated rings. The lowest BCUT2D eigenvalue weighted by atomic mass is 9.85. The zero-order valence-corrected chi connectivity index (χ0v) is 18.2. The summed E-state index contributed by atoms with van der Waals surface area (Å²) < 4.78 is 1.08. The normalized spacial score (nSPS) is 21.8. The topological polar surface area (TPSA) is 36.4 Å². The van der Waals surface area contributed by atoms with E-state index >= 15 is 0 Å². The Balaban J connectivity index is 2.61. The van der Waals surface area contributed by atoms with Crippen LogP contribution in [-0.2, 0) is 12.8 Å². The molecule has 0 bridgehead atoms. The third-order valence-electron chi connectivity index (χ3n) is 4.68. The lowest BCUT2D eigenvalue weighted by Crippen LogP contribution is -2.33. The highest BCUT2D eigenvalue weighted by Gasteiger charge is 2.23. The van der Waals surface area contributed by atoms with Gasteiger partial charge < -0.3 is 5.32 Å². The van der Waals surface area contributed by atoms with Crippen LogP contribution in [0.1, 0.15) is 18.1 Å². The minimum absolute atomic E-state index is 0.128. The molecule has 0 saturated carbocycles. The van der Waals surface area contributed by atoms with Crippen LogP contribution in [0.5, 0.6) is 0 Å². The number of hydrazone groups is 1. The number of hydrogen-bond donors (Lipinski definition) is 2. The summed E-state index contributed by atoms with van der Waals surface area (Å²) in [6, 6.07) is 6.55. The maximum Gasteiger partial charge on any atom is 0.0726 e. The molecule has 0 aliphatic heterocycles. The number of benzene rings is 1. The Hall–Kier alpha value is -2.43. The van der Waals surface area contributed by atoms with Crippen molar-refractivity contribution in [1.82, 2.24) is 10.7 Å². The van der Waals surface area contributed by atoms with Crippen molar-refractivity contribution in [2.24, 2.45) is 5.10 Å². The molecule has 28 heavy (non-hydrogen) atoms. The van der Waals surface area contributed by atoms with E-state index in [1.165, 1.54) is 11.1 Å². The van der Waals surface area contributed by atoms with Gasteiger partial charge in [0, 0.05) is 22.5 Å². The fourth-order valence-electron chi connectivity index (χ4n) is 3.33. The molecule has 2 rings (SSSR count). The van der Waals surface area contributed by atoms with Crippen molar-refractivity contribution in [2.75, 3.05) is 7.05 Å². The molecule has 0 spiro atoms. The molecular weight excluding hydrogens is 410 g/mol. The third kappa shape index (κ3) is 5.31. The van der Waals surface area contributed by atoms with Crippen molar-refractivity contribution in [3.05, 3.63) is 107 Å². The van der Waals surface area contributed by atoms with Gasteiger partial charge in [-0.2, -0.15) is 5.10 Å². The first-order valence-corrected chi connectivity index (χ1v) is 10.1. The number of hydrogen-bond acceptors (Lipinski definition) is 3. The number of nitrogens with one attached hydrogen (secondary N) is 2. The zero-order chi connectivity index (χ0) is 20.5. The molecular formula is C24H28BrN3. The summed E-state index contributed by atoms with van der Waals surface area (Å²) in [6.45, 7) is 13.8. The maximum atomic E-state index is 4.75. The molecule has 1 unspecified atom stereocenters. The van der Waals surface area contributed by atoms with E-state index in [1.54, 1.807) is 6.08 Å². The first-order chi connectivity index (χ1) is 13.6. The number of nitrogens with zero attached hydrogens (tertiary/aromatic N) is 1. The SMILES string of the molecule is C=C/C=C(\C=C/C)N/N=C1Cc2ccc(Br)cc2CC(NC)/C(C=C)=C\1C=C. The van der Waals surface area contributed by atoms with E-state index < -0.39 is 0 Å². The van der Waals surface area contributed by atoms with E-state index in [1.807, 2.05) is 44.4 Å². The largest absolute Gasteiger partial charge is 0.313 e. The van der Waals surface area contributed by atoms with Gasteiger partial charge in [-0.3, -0.25) is 5.43 Å². The second-order valence-corrected chi connectivity index (χ2v) is 7.36. The van der Waals surface area contributed by atoms with E-state index in [-0.39, 0.29) is 6.04 Å². The molecule has 146 valence electrons. The van der Waals surface area contributed by atoms with Crippen molar-refractivity contribution in [3.63, 3.8) is 0 Å². The van der Waals surface area contributed by atoms with Gasteiger partial charge in [0.2, 0.25) is 0 Å². The Bertz CT molecular complexity index is 872. The maximum absolute atomic E-state index is 4.75. The molecule has 1 aromatic rings. The third-order valence-corrected chi connectivity index (χ3v) is 5.18. The van der Waals surface area contributed by atoms with Crippen LogP contribution >= 0.6 is 15.9 Å². The summed E-state index contributed by atoms with van der Waals surface area (Å²) in [5.41, 5.74) is 9.62. The van der Waals surface area contributed by atoms with Crippen LogP contribution in [0.2, 0.25) is 0 Å². The quantitative estimate of drug-likeness (QED) is 0.442. The predicted molar refractivity (Wildman–Crippen MR) is 125 cm³/mol.